The molecule has 0 aliphatic carbocycles. The van der Waals surface area contributed by atoms with Gasteiger partial charge in [-0.3, -0.25) is 4.68 Å². The van der Waals surface area contributed by atoms with Crippen molar-refractivity contribution >= 4 is 38.7 Å². The van der Waals surface area contributed by atoms with Gasteiger partial charge in [0.25, 0.3) is 0 Å². The molecule has 4 rings (SSSR count). The number of nitrogens with zero attached hydrogens (tertiary/aromatic N) is 4. The molecule has 9 heteroatoms. The third kappa shape index (κ3) is 5.29. The number of halogens is 1. The van der Waals surface area contributed by atoms with Crippen LogP contribution in [0.25, 0.3) is 10.9 Å². The summed E-state index contributed by atoms with van der Waals surface area (Å²) in [7, 11) is 1.67. The van der Waals surface area contributed by atoms with Gasteiger partial charge in [0.15, 0.2) is 0 Å². The van der Waals surface area contributed by atoms with Crippen LogP contribution in [-0.4, -0.2) is 51.6 Å². The molecule has 182 valence electrons. The molecule has 34 heavy (non-hydrogen) atoms. The molecule has 1 aliphatic rings. The van der Waals surface area contributed by atoms with Gasteiger partial charge >= 0.3 is 6.09 Å². The van der Waals surface area contributed by atoms with E-state index < -0.39 is 5.60 Å². The standard InChI is InChI=1S/C25H32BrN5O3/c1-16-13-19(33-5)9-8-17(16)14-28-23-21-20(10-11-27-23)31(29-22(21)26)18-7-6-12-30(15-18)24(32)34-25(2,3)4/h8-11,13,18H,6-7,12,14-15H2,1-5H3,(H,27,28)/t18-/m1/s1. The number of nitrogens with one attached hydrogen (secondary N) is 1. The van der Waals surface area contributed by atoms with Gasteiger partial charge in [-0.1, -0.05) is 6.07 Å². The molecular formula is C25H32BrN5O3. The van der Waals surface area contributed by atoms with Crippen molar-refractivity contribution in [2.75, 3.05) is 25.5 Å². The van der Waals surface area contributed by atoms with Crippen LogP contribution in [0.15, 0.2) is 35.1 Å². The zero-order chi connectivity index (χ0) is 24.5. The van der Waals surface area contributed by atoms with Crippen LogP contribution in [0.4, 0.5) is 10.6 Å². The molecule has 1 atom stereocenters. The Hall–Kier alpha value is -2.81. The molecule has 1 amide bonds. The van der Waals surface area contributed by atoms with Gasteiger partial charge < -0.3 is 19.7 Å². The van der Waals surface area contributed by atoms with Gasteiger partial charge in [0, 0.05) is 25.8 Å². The van der Waals surface area contributed by atoms with Gasteiger partial charge in [-0.2, -0.15) is 5.10 Å². The minimum Gasteiger partial charge on any atom is -0.497 e. The Kier molecular flexibility index (Phi) is 7.02. The average Bonchev–Trinajstić information content (AvgIpc) is 3.14. The minimum absolute atomic E-state index is 0.0640. The molecular weight excluding hydrogens is 498 g/mol. The molecule has 3 aromatic rings. The topological polar surface area (TPSA) is 81.5 Å². The van der Waals surface area contributed by atoms with E-state index in [1.165, 1.54) is 5.56 Å². The molecule has 1 N–H and O–H groups in total. The van der Waals surface area contributed by atoms with Crippen LogP contribution >= 0.6 is 15.9 Å². The zero-order valence-electron chi connectivity index (χ0n) is 20.4. The highest BCUT2D eigenvalue weighted by molar-refractivity contribution is 9.10. The van der Waals surface area contributed by atoms with Gasteiger partial charge in [0.05, 0.1) is 24.1 Å². The van der Waals surface area contributed by atoms with E-state index >= 15 is 0 Å². The maximum absolute atomic E-state index is 12.6. The second-order valence-corrected chi connectivity index (χ2v) is 10.4. The monoisotopic (exact) mass is 529 g/mol. The van der Waals surface area contributed by atoms with E-state index in [0.29, 0.717) is 19.6 Å². The van der Waals surface area contributed by atoms with Crippen molar-refractivity contribution in [2.24, 2.45) is 0 Å². The van der Waals surface area contributed by atoms with Crippen molar-refractivity contribution in [3.63, 3.8) is 0 Å². The number of ether oxygens (including phenoxy) is 2. The van der Waals surface area contributed by atoms with E-state index in [1.807, 2.05) is 43.7 Å². The van der Waals surface area contributed by atoms with Crippen LogP contribution in [0.1, 0.15) is 50.8 Å². The molecule has 0 saturated carbocycles. The van der Waals surface area contributed by atoms with Crippen LogP contribution in [-0.2, 0) is 11.3 Å². The number of piperidine rings is 1. The number of fused-ring (bicyclic) bond motifs is 1. The predicted molar refractivity (Wildman–Crippen MR) is 136 cm³/mol. The number of benzene rings is 1. The number of amides is 1. The summed E-state index contributed by atoms with van der Waals surface area (Å²) >= 11 is 3.64. The number of aryl methyl sites for hydroxylation is 1. The lowest BCUT2D eigenvalue weighted by atomic mass is 10.1. The summed E-state index contributed by atoms with van der Waals surface area (Å²) in [4.78, 5) is 19.0. The number of pyridine rings is 1. The predicted octanol–water partition coefficient (Wildman–Crippen LogP) is 5.69. The van der Waals surface area contributed by atoms with Crippen molar-refractivity contribution in [3.8, 4) is 5.75 Å². The fourth-order valence-corrected chi connectivity index (χ4v) is 4.84. The van der Waals surface area contributed by atoms with Crippen molar-refractivity contribution in [2.45, 2.75) is 58.7 Å². The summed E-state index contributed by atoms with van der Waals surface area (Å²) in [6, 6.07) is 8.09. The van der Waals surface area contributed by atoms with E-state index in [2.05, 4.69) is 39.2 Å². The van der Waals surface area contributed by atoms with Crippen LogP contribution < -0.4 is 10.1 Å². The molecule has 2 aromatic heterocycles. The summed E-state index contributed by atoms with van der Waals surface area (Å²) in [5, 5.41) is 9.20. The Morgan fingerprint density at radius 2 is 2.09 bits per heavy atom. The quantitative estimate of drug-likeness (QED) is 0.456. The van der Waals surface area contributed by atoms with E-state index in [4.69, 9.17) is 14.6 Å². The van der Waals surface area contributed by atoms with Crippen LogP contribution in [0.3, 0.4) is 0 Å². The highest BCUT2D eigenvalue weighted by Gasteiger charge is 2.30. The molecule has 0 spiro atoms. The van der Waals surface area contributed by atoms with Gasteiger partial charge in [0.2, 0.25) is 0 Å². The van der Waals surface area contributed by atoms with E-state index in [1.54, 1.807) is 18.2 Å². The van der Waals surface area contributed by atoms with Crippen molar-refractivity contribution < 1.29 is 14.3 Å². The first kappa shape index (κ1) is 24.3. The number of hydrogen-bond donors (Lipinski definition) is 1. The van der Waals surface area contributed by atoms with Crippen LogP contribution in [0.5, 0.6) is 5.75 Å². The Morgan fingerprint density at radius 3 is 2.79 bits per heavy atom. The minimum atomic E-state index is -0.514. The summed E-state index contributed by atoms with van der Waals surface area (Å²) < 4.78 is 13.7. The maximum Gasteiger partial charge on any atom is 0.410 e. The molecule has 8 nitrogen and oxygen atoms in total. The van der Waals surface area contributed by atoms with Gasteiger partial charge in [0.1, 0.15) is 21.8 Å². The fraction of sp³-hybridized carbons (Fsp3) is 0.480. The summed E-state index contributed by atoms with van der Waals surface area (Å²) in [6.07, 6.45) is 3.37. The molecule has 1 aliphatic heterocycles. The molecule has 0 unspecified atom stereocenters. The normalized spacial score (nSPS) is 16.5. The Bertz CT molecular complexity index is 1190. The van der Waals surface area contributed by atoms with Gasteiger partial charge in [-0.15, -0.1) is 0 Å². The molecule has 3 heterocycles. The van der Waals surface area contributed by atoms with Gasteiger partial charge in [-0.05, 0) is 85.8 Å². The third-order valence-electron chi connectivity index (χ3n) is 5.97. The summed E-state index contributed by atoms with van der Waals surface area (Å²) in [5.41, 5.74) is 2.79. The Labute approximate surface area is 208 Å². The number of aromatic nitrogens is 3. The van der Waals surface area contributed by atoms with Crippen molar-refractivity contribution in [1.82, 2.24) is 19.7 Å². The van der Waals surface area contributed by atoms with Crippen LogP contribution in [0.2, 0.25) is 0 Å². The molecule has 1 aromatic carbocycles. The third-order valence-corrected chi connectivity index (χ3v) is 6.52. The molecule has 0 bridgehead atoms. The smallest absolute Gasteiger partial charge is 0.410 e. The number of carbonyl (C=O) groups is 1. The lowest BCUT2D eigenvalue weighted by molar-refractivity contribution is 0.0169. The van der Waals surface area contributed by atoms with Gasteiger partial charge in [-0.25, -0.2) is 9.78 Å². The lowest BCUT2D eigenvalue weighted by Gasteiger charge is -2.34. The zero-order valence-corrected chi connectivity index (χ0v) is 22.0. The maximum atomic E-state index is 12.6. The first-order valence-corrected chi connectivity index (χ1v) is 12.3. The van der Waals surface area contributed by atoms with E-state index in [0.717, 1.165) is 45.5 Å². The first-order chi connectivity index (χ1) is 16.2. The van der Waals surface area contributed by atoms with E-state index in [-0.39, 0.29) is 12.1 Å². The summed E-state index contributed by atoms with van der Waals surface area (Å²) in [5.74, 6) is 1.61. The SMILES string of the molecule is COc1ccc(CNc2nccc3c2c(Br)nn3[C@@H]2CCCN(C(=O)OC(C)(C)C)C2)c(C)c1. The molecule has 1 fully saturated rings. The Balaban J connectivity index is 1.55. The largest absolute Gasteiger partial charge is 0.497 e. The van der Waals surface area contributed by atoms with E-state index in [9.17, 15) is 4.79 Å². The number of hydrogen-bond acceptors (Lipinski definition) is 6. The van der Waals surface area contributed by atoms with Crippen molar-refractivity contribution in [1.29, 1.82) is 0 Å². The molecule has 1 saturated heterocycles. The lowest BCUT2D eigenvalue weighted by Crippen LogP contribution is -2.43. The number of anilines is 1. The second-order valence-electron chi connectivity index (χ2n) is 9.66. The van der Waals surface area contributed by atoms with Crippen LogP contribution in [0, 0.1) is 6.92 Å². The Morgan fingerprint density at radius 1 is 1.29 bits per heavy atom. The second kappa shape index (κ2) is 9.82. The number of likely N-dealkylation sites (tertiary alicyclic amines) is 1. The number of methoxy groups -OCH3 is 1. The highest BCUT2D eigenvalue weighted by atomic mass is 79.9. The number of carbonyl (C=O) groups excluding carboxylic acids is 1. The fourth-order valence-electron chi connectivity index (χ4n) is 4.28. The summed E-state index contributed by atoms with van der Waals surface area (Å²) in [6.45, 7) is 9.63. The first-order valence-electron chi connectivity index (χ1n) is 11.5. The van der Waals surface area contributed by atoms with Crippen molar-refractivity contribution in [3.05, 3.63) is 46.2 Å². The number of rotatable bonds is 5. The molecule has 0 radical (unpaired) electrons. The average molecular weight is 530 g/mol. The highest BCUT2D eigenvalue weighted by Crippen LogP contribution is 2.33.